The van der Waals surface area contributed by atoms with Gasteiger partial charge in [-0.3, -0.25) is 14.8 Å². The molecule has 0 radical (unpaired) electrons. The molecule has 1 aromatic heterocycles. The third-order valence-corrected chi connectivity index (χ3v) is 6.07. The molecule has 2 aromatic carbocycles. The number of benzene rings is 2. The van der Waals surface area contributed by atoms with E-state index < -0.39 is 24.0 Å². The lowest BCUT2D eigenvalue weighted by molar-refractivity contribution is -0.139. The third kappa shape index (κ3) is 5.18. The molecule has 182 valence electrons. The molecule has 4 rings (SSSR count). The van der Waals surface area contributed by atoms with Crippen molar-refractivity contribution >= 4 is 23.7 Å². The first-order chi connectivity index (χ1) is 16.9. The average molecular weight is 477 g/mol. The van der Waals surface area contributed by atoms with Gasteiger partial charge in [0.05, 0.1) is 5.69 Å². The van der Waals surface area contributed by atoms with Gasteiger partial charge in [-0.05, 0) is 28.7 Å². The van der Waals surface area contributed by atoms with E-state index in [0.29, 0.717) is 12.8 Å². The SMILES string of the molecule is CCCC[C@H](NC(=O)c1nn(C)cc1NC(=O)OCC1c2ccccc2-c2ccccc21)C(=O)O. The van der Waals surface area contributed by atoms with Crippen LogP contribution in [0.3, 0.4) is 0 Å². The van der Waals surface area contributed by atoms with Crippen LogP contribution in [0.25, 0.3) is 11.1 Å². The smallest absolute Gasteiger partial charge is 0.411 e. The van der Waals surface area contributed by atoms with Crippen LogP contribution in [0.4, 0.5) is 10.5 Å². The molecule has 3 N–H and O–H groups in total. The molecule has 0 unspecified atom stereocenters. The molecule has 0 fully saturated rings. The highest BCUT2D eigenvalue weighted by Gasteiger charge is 2.29. The van der Waals surface area contributed by atoms with Crippen LogP contribution < -0.4 is 10.6 Å². The van der Waals surface area contributed by atoms with Crippen molar-refractivity contribution in [3.63, 3.8) is 0 Å². The van der Waals surface area contributed by atoms with E-state index in [0.717, 1.165) is 28.7 Å². The molecule has 9 nitrogen and oxygen atoms in total. The Morgan fingerprint density at radius 2 is 1.71 bits per heavy atom. The summed E-state index contributed by atoms with van der Waals surface area (Å²) in [5.41, 5.74) is 4.49. The summed E-state index contributed by atoms with van der Waals surface area (Å²) >= 11 is 0. The Balaban J connectivity index is 1.43. The van der Waals surface area contributed by atoms with Gasteiger partial charge in [0.15, 0.2) is 5.69 Å². The molecule has 0 spiro atoms. The first kappa shape index (κ1) is 24.0. The summed E-state index contributed by atoms with van der Waals surface area (Å²) in [4.78, 5) is 36.9. The topological polar surface area (TPSA) is 123 Å². The Labute approximate surface area is 203 Å². The fourth-order valence-electron chi connectivity index (χ4n) is 4.38. The van der Waals surface area contributed by atoms with Crippen molar-refractivity contribution < 1.29 is 24.2 Å². The van der Waals surface area contributed by atoms with Crippen LogP contribution in [0.5, 0.6) is 0 Å². The molecule has 0 bridgehead atoms. The van der Waals surface area contributed by atoms with Gasteiger partial charge in [-0.25, -0.2) is 9.59 Å². The minimum atomic E-state index is -1.12. The van der Waals surface area contributed by atoms with E-state index >= 15 is 0 Å². The molecule has 0 saturated heterocycles. The fourth-order valence-corrected chi connectivity index (χ4v) is 4.38. The number of ether oxygens (including phenoxy) is 1. The number of nitrogens with zero attached hydrogens (tertiary/aromatic N) is 2. The quantitative estimate of drug-likeness (QED) is 0.426. The second kappa shape index (κ2) is 10.4. The van der Waals surface area contributed by atoms with Gasteiger partial charge in [0.2, 0.25) is 0 Å². The highest BCUT2D eigenvalue weighted by molar-refractivity contribution is 6.02. The standard InChI is InChI=1S/C26H28N4O5/c1-3-4-13-21(25(32)33)27-24(31)23-22(14-30(2)29-23)28-26(34)35-15-20-18-11-7-5-9-16(18)17-10-6-8-12-19(17)20/h5-12,14,20-21H,3-4,13,15H2,1-2H3,(H,27,31)(H,28,34)(H,32,33)/t21-/m0/s1. The van der Waals surface area contributed by atoms with Crippen LogP contribution in [0.15, 0.2) is 54.7 Å². The van der Waals surface area contributed by atoms with E-state index in [2.05, 4.69) is 27.9 Å². The van der Waals surface area contributed by atoms with E-state index in [4.69, 9.17) is 4.74 Å². The number of carbonyl (C=O) groups is 3. The minimum absolute atomic E-state index is 0.0799. The van der Waals surface area contributed by atoms with Crippen molar-refractivity contribution in [2.45, 2.75) is 38.1 Å². The zero-order valence-electron chi connectivity index (χ0n) is 19.7. The van der Waals surface area contributed by atoms with Crippen LogP contribution >= 0.6 is 0 Å². The third-order valence-electron chi connectivity index (χ3n) is 6.07. The number of nitrogens with one attached hydrogen (secondary N) is 2. The lowest BCUT2D eigenvalue weighted by Crippen LogP contribution is -2.41. The molecule has 1 aliphatic rings. The van der Waals surface area contributed by atoms with E-state index in [9.17, 15) is 19.5 Å². The largest absolute Gasteiger partial charge is 0.480 e. The molecule has 2 amide bonds. The lowest BCUT2D eigenvalue weighted by atomic mass is 9.98. The summed E-state index contributed by atoms with van der Waals surface area (Å²) in [5, 5.41) is 18.6. The van der Waals surface area contributed by atoms with Crippen molar-refractivity contribution in [2.24, 2.45) is 7.05 Å². The molecular weight excluding hydrogens is 448 g/mol. The van der Waals surface area contributed by atoms with Crippen molar-refractivity contribution in [1.82, 2.24) is 15.1 Å². The number of aromatic nitrogens is 2. The number of rotatable bonds is 9. The predicted octanol–water partition coefficient (Wildman–Crippen LogP) is 4.15. The Morgan fingerprint density at radius 3 is 2.31 bits per heavy atom. The first-order valence-corrected chi connectivity index (χ1v) is 11.6. The van der Waals surface area contributed by atoms with E-state index in [1.165, 1.54) is 10.9 Å². The van der Waals surface area contributed by atoms with Crippen molar-refractivity contribution in [1.29, 1.82) is 0 Å². The maximum Gasteiger partial charge on any atom is 0.411 e. The second-order valence-corrected chi connectivity index (χ2v) is 8.52. The summed E-state index contributed by atoms with van der Waals surface area (Å²) in [6, 6.07) is 15.0. The number of aliphatic carboxylic acids is 1. The minimum Gasteiger partial charge on any atom is -0.480 e. The van der Waals surface area contributed by atoms with Gasteiger partial charge in [-0.2, -0.15) is 5.10 Å². The molecule has 0 aliphatic heterocycles. The zero-order chi connectivity index (χ0) is 24.9. The summed E-state index contributed by atoms with van der Waals surface area (Å²) < 4.78 is 6.92. The summed E-state index contributed by atoms with van der Waals surface area (Å²) in [5.74, 6) is -1.89. The number of hydrogen-bond donors (Lipinski definition) is 3. The second-order valence-electron chi connectivity index (χ2n) is 8.52. The molecule has 1 aliphatic carbocycles. The monoisotopic (exact) mass is 476 g/mol. The molecule has 3 aromatic rings. The van der Waals surface area contributed by atoms with Crippen molar-refractivity contribution in [3.8, 4) is 11.1 Å². The summed E-state index contributed by atoms with van der Waals surface area (Å²) in [6.45, 7) is 2.07. The van der Waals surface area contributed by atoms with E-state index in [1.807, 2.05) is 43.3 Å². The number of amides is 2. The van der Waals surface area contributed by atoms with Gasteiger partial charge in [-0.1, -0.05) is 68.3 Å². The maximum atomic E-state index is 12.7. The number of carboxylic acid groups (broad SMARTS) is 1. The van der Waals surface area contributed by atoms with Crippen LogP contribution in [-0.4, -0.2) is 45.5 Å². The predicted molar refractivity (Wildman–Crippen MR) is 130 cm³/mol. The van der Waals surface area contributed by atoms with Crippen molar-refractivity contribution in [2.75, 3.05) is 11.9 Å². The van der Waals surface area contributed by atoms with E-state index in [-0.39, 0.29) is 23.9 Å². The molecule has 35 heavy (non-hydrogen) atoms. The van der Waals surface area contributed by atoms with Gasteiger partial charge in [-0.15, -0.1) is 0 Å². The molecular formula is C26H28N4O5. The van der Waals surface area contributed by atoms with Crippen molar-refractivity contribution in [3.05, 3.63) is 71.5 Å². The first-order valence-electron chi connectivity index (χ1n) is 11.6. The zero-order valence-corrected chi connectivity index (χ0v) is 19.7. The van der Waals surface area contributed by atoms with E-state index in [1.54, 1.807) is 7.05 Å². The van der Waals surface area contributed by atoms with Crippen LogP contribution in [0, 0.1) is 0 Å². The number of carboxylic acids is 1. The number of unbranched alkanes of at least 4 members (excludes halogenated alkanes) is 1. The number of hydrogen-bond acceptors (Lipinski definition) is 5. The Bertz CT molecular complexity index is 1210. The Hall–Kier alpha value is -4.14. The summed E-state index contributed by atoms with van der Waals surface area (Å²) in [7, 11) is 1.60. The number of aryl methyl sites for hydroxylation is 1. The number of carbonyl (C=O) groups excluding carboxylic acids is 2. The molecule has 9 heteroatoms. The fraction of sp³-hybridized carbons (Fsp3) is 0.308. The molecule has 1 atom stereocenters. The maximum absolute atomic E-state index is 12.7. The Morgan fingerprint density at radius 1 is 1.09 bits per heavy atom. The number of anilines is 1. The van der Waals surface area contributed by atoms with Gasteiger partial charge >= 0.3 is 12.1 Å². The molecule has 1 heterocycles. The van der Waals surface area contributed by atoms with Gasteiger partial charge in [0.25, 0.3) is 5.91 Å². The van der Waals surface area contributed by atoms with Crippen LogP contribution in [0.2, 0.25) is 0 Å². The number of fused-ring (bicyclic) bond motifs is 3. The van der Waals surface area contributed by atoms with Crippen LogP contribution in [0.1, 0.15) is 53.7 Å². The van der Waals surface area contributed by atoms with Crippen LogP contribution in [-0.2, 0) is 16.6 Å². The van der Waals surface area contributed by atoms with Gasteiger partial charge in [0.1, 0.15) is 12.6 Å². The Kier molecular flexibility index (Phi) is 7.14. The lowest BCUT2D eigenvalue weighted by Gasteiger charge is -2.15. The normalized spacial score (nSPS) is 13.0. The molecule has 0 saturated carbocycles. The average Bonchev–Trinajstić information content (AvgIpc) is 3.37. The highest BCUT2D eigenvalue weighted by Crippen LogP contribution is 2.44. The highest BCUT2D eigenvalue weighted by atomic mass is 16.5. The van der Waals surface area contributed by atoms with Gasteiger partial charge in [0, 0.05) is 19.2 Å². The van der Waals surface area contributed by atoms with Gasteiger partial charge < -0.3 is 15.2 Å². The summed E-state index contributed by atoms with van der Waals surface area (Å²) in [6.07, 6.45) is 2.51.